The van der Waals surface area contributed by atoms with Crippen LogP contribution in [0.2, 0.25) is 0 Å². The summed E-state index contributed by atoms with van der Waals surface area (Å²) in [7, 11) is 0. The zero-order valence-corrected chi connectivity index (χ0v) is 15.2. The normalized spacial score (nSPS) is 18.4. The van der Waals surface area contributed by atoms with Crippen LogP contribution in [0.25, 0.3) is 0 Å². The maximum atomic E-state index is 13.2. The van der Waals surface area contributed by atoms with Gasteiger partial charge in [0, 0.05) is 35.3 Å². The lowest BCUT2D eigenvalue weighted by atomic mass is 10.1. The summed E-state index contributed by atoms with van der Waals surface area (Å²) in [6, 6.07) is 16.5. The second kappa shape index (κ2) is 7.20. The highest BCUT2D eigenvalue weighted by molar-refractivity contribution is 7.99. The third kappa shape index (κ3) is 3.32. The first-order chi connectivity index (χ1) is 12.2. The van der Waals surface area contributed by atoms with Crippen molar-refractivity contribution >= 4 is 29.0 Å². The summed E-state index contributed by atoms with van der Waals surface area (Å²) >= 11 is 1.73. The number of morpholine rings is 1. The number of hydrogen-bond acceptors (Lipinski definition) is 4. The molecule has 1 saturated heterocycles. The fourth-order valence-corrected chi connectivity index (χ4v) is 4.52. The number of rotatable bonds is 3. The Labute approximate surface area is 152 Å². The van der Waals surface area contributed by atoms with Crippen LogP contribution in [0.15, 0.2) is 58.3 Å². The molecule has 0 radical (unpaired) electrons. The fraction of sp³-hybridized carbons (Fsp3) is 0.350. The van der Waals surface area contributed by atoms with Crippen LogP contribution in [0.3, 0.4) is 0 Å². The molecule has 2 aliphatic rings. The molecule has 25 heavy (non-hydrogen) atoms. The lowest BCUT2D eigenvalue weighted by Crippen LogP contribution is -2.44. The number of anilines is 2. The predicted octanol–water partition coefficient (Wildman–Crippen LogP) is 3.93. The van der Waals surface area contributed by atoms with Gasteiger partial charge in [0.2, 0.25) is 5.91 Å². The Morgan fingerprint density at radius 1 is 1.04 bits per heavy atom. The van der Waals surface area contributed by atoms with E-state index in [2.05, 4.69) is 24.0 Å². The van der Waals surface area contributed by atoms with Crippen molar-refractivity contribution in [2.45, 2.75) is 29.2 Å². The Morgan fingerprint density at radius 3 is 2.20 bits per heavy atom. The molecule has 1 unspecified atom stereocenters. The highest BCUT2D eigenvalue weighted by Crippen LogP contribution is 2.48. The third-order valence-electron chi connectivity index (χ3n) is 4.82. The average molecular weight is 354 g/mol. The highest BCUT2D eigenvalue weighted by Gasteiger charge is 2.29. The van der Waals surface area contributed by atoms with Gasteiger partial charge in [0.15, 0.2) is 0 Å². The number of carbonyl (C=O) groups is 1. The number of ether oxygens (including phenoxy) is 1. The zero-order valence-electron chi connectivity index (χ0n) is 14.4. The first kappa shape index (κ1) is 16.6. The monoisotopic (exact) mass is 354 g/mol. The molecule has 1 atom stereocenters. The topological polar surface area (TPSA) is 32.8 Å². The fourth-order valence-electron chi connectivity index (χ4n) is 3.46. The van der Waals surface area contributed by atoms with Crippen molar-refractivity contribution in [1.82, 2.24) is 4.90 Å². The number of para-hydroxylation sites is 2. The van der Waals surface area contributed by atoms with Crippen LogP contribution < -0.4 is 4.90 Å². The van der Waals surface area contributed by atoms with Crippen molar-refractivity contribution in [2.24, 2.45) is 0 Å². The molecule has 0 spiro atoms. The summed E-state index contributed by atoms with van der Waals surface area (Å²) < 4.78 is 5.42. The summed E-state index contributed by atoms with van der Waals surface area (Å²) in [5.74, 6) is 0.152. The second-order valence-corrected chi connectivity index (χ2v) is 7.55. The van der Waals surface area contributed by atoms with Gasteiger partial charge < -0.3 is 4.74 Å². The van der Waals surface area contributed by atoms with Gasteiger partial charge in [-0.05, 0) is 31.2 Å². The van der Waals surface area contributed by atoms with Crippen molar-refractivity contribution in [2.75, 3.05) is 31.2 Å². The van der Waals surface area contributed by atoms with E-state index in [1.54, 1.807) is 11.8 Å². The van der Waals surface area contributed by atoms with E-state index in [9.17, 15) is 4.79 Å². The standard InChI is InChI=1S/C20H22N2O2S/c1-15(21-10-12-24-13-11-21)14-20(23)22-16-6-2-4-8-18(16)25-19-9-5-3-7-17(19)22/h2-9,15H,10-14H2,1H3. The van der Waals surface area contributed by atoms with Crippen molar-refractivity contribution < 1.29 is 9.53 Å². The highest BCUT2D eigenvalue weighted by atomic mass is 32.2. The van der Waals surface area contributed by atoms with E-state index in [1.165, 1.54) is 0 Å². The molecule has 4 rings (SSSR count). The third-order valence-corrected chi connectivity index (χ3v) is 5.95. The van der Waals surface area contributed by atoms with Gasteiger partial charge in [0.1, 0.15) is 0 Å². The first-order valence-corrected chi connectivity index (χ1v) is 9.56. The lowest BCUT2D eigenvalue weighted by Gasteiger charge is -2.35. The number of nitrogens with zero attached hydrogens (tertiary/aromatic N) is 2. The van der Waals surface area contributed by atoms with Gasteiger partial charge in [-0.25, -0.2) is 0 Å². The smallest absolute Gasteiger partial charge is 0.233 e. The summed E-state index contributed by atoms with van der Waals surface area (Å²) in [6.45, 7) is 5.45. The van der Waals surface area contributed by atoms with Crippen LogP contribution >= 0.6 is 11.8 Å². The Kier molecular flexibility index (Phi) is 4.79. The molecular formula is C20H22N2O2S. The van der Waals surface area contributed by atoms with Crippen molar-refractivity contribution in [3.8, 4) is 0 Å². The van der Waals surface area contributed by atoms with E-state index in [-0.39, 0.29) is 11.9 Å². The molecule has 2 heterocycles. The van der Waals surface area contributed by atoms with Gasteiger partial charge in [-0.2, -0.15) is 0 Å². The second-order valence-electron chi connectivity index (χ2n) is 6.47. The lowest BCUT2D eigenvalue weighted by molar-refractivity contribution is -0.119. The Bertz CT molecular complexity index is 728. The molecule has 0 N–H and O–H groups in total. The van der Waals surface area contributed by atoms with Crippen LogP contribution in [0, 0.1) is 0 Å². The Hall–Kier alpha value is -1.82. The van der Waals surface area contributed by atoms with Crippen molar-refractivity contribution in [3.63, 3.8) is 0 Å². The van der Waals surface area contributed by atoms with E-state index in [4.69, 9.17) is 4.74 Å². The molecule has 5 heteroatoms. The van der Waals surface area contributed by atoms with E-state index in [0.717, 1.165) is 47.5 Å². The van der Waals surface area contributed by atoms with Gasteiger partial charge in [0.25, 0.3) is 0 Å². The van der Waals surface area contributed by atoms with Crippen molar-refractivity contribution in [1.29, 1.82) is 0 Å². The number of amides is 1. The average Bonchev–Trinajstić information content (AvgIpc) is 2.66. The van der Waals surface area contributed by atoms with Crippen LogP contribution in [-0.2, 0) is 9.53 Å². The maximum Gasteiger partial charge on any atom is 0.233 e. The van der Waals surface area contributed by atoms with E-state index in [1.807, 2.05) is 41.3 Å². The molecule has 0 bridgehead atoms. The Morgan fingerprint density at radius 2 is 1.60 bits per heavy atom. The van der Waals surface area contributed by atoms with Crippen LogP contribution in [0.4, 0.5) is 11.4 Å². The first-order valence-electron chi connectivity index (χ1n) is 8.75. The molecule has 4 nitrogen and oxygen atoms in total. The molecule has 1 amide bonds. The van der Waals surface area contributed by atoms with Gasteiger partial charge in [-0.3, -0.25) is 14.6 Å². The van der Waals surface area contributed by atoms with E-state index >= 15 is 0 Å². The van der Waals surface area contributed by atoms with Crippen LogP contribution in [0.5, 0.6) is 0 Å². The minimum absolute atomic E-state index is 0.152. The van der Waals surface area contributed by atoms with E-state index < -0.39 is 0 Å². The maximum absolute atomic E-state index is 13.2. The van der Waals surface area contributed by atoms with Gasteiger partial charge in [-0.15, -0.1) is 0 Å². The van der Waals surface area contributed by atoms with Gasteiger partial charge in [-0.1, -0.05) is 36.0 Å². The summed E-state index contributed by atoms with van der Waals surface area (Å²) in [5, 5.41) is 0. The zero-order chi connectivity index (χ0) is 17.2. The van der Waals surface area contributed by atoms with Gasteiger partial charge >= 0.3 is 0 Å². The molecule has 1 fully saturated rings. The Balaban J connectivity index is 1.61. The molecule has 2 aromatic rings. The van der Waals surface area contributed by atoms with E-state index in [0.29, 0.717) is 6.42 Å². The SMILES string of the molecule is CC(CC(=O)N1c2ccccc2Sc2ccccc21)N1CCOCC1. The summed E-state index contributed by atoms with van der Waals surface area (Å²) in [6.07, 6.45) is 0.507. The summed E-state index contributed by atoms with van der Waals surface area (Å²) in [5.41, 5.74) is 1.98. The molecule has 2 aromatic carbocycles. The van der Waals surface area contributed by atoms with Crippen LogP contribution in [0.1, 0.15) is 13.3 Å². The number of carbonyl (C=O) groups excluding carboxylic acids is 1. The van der Waals surface area contributed by atoms with Crippen LogP contribution in [-0.4, -0.2) is 43.2 Å². The molecule has 0 aliphatic carbocycles. The van der Waals surface area contributed by atoms with Crippen molar-refractivity contribution in [3.05, 3.63) is 48.5 Å². The molecule has 0 aromatic heterocycles. The number of benzene rings is 2. The quantitative estimate of drug-likeness (QED) is 0.836. The largest absolute Gasteiger partial charge is 0.379 e. The minimum atomic E-state index is 0.152. The molecular weight excluding hydrogens is 332 g/mol. The van der Waals surface area contributed by atoms with Gasteiger partial charge in [0.05, 0.1) is 24.6 Å². The minimum Gasteiger partial charge on any atom is -0.379 e. The predicted molar refractivity (Wildman–Crippen MR) is 101 cm³/mol. The molecule has 0 saturated carbocycles. The number of fused-ring (bicyclic) bond motifs is 2. The number of hydrogen-bond donors (Lipinski definition) is 0. The summed E-state index contributed by atoms with van der Waals surface area (Å²) in [4.78, 5) is 19.7. The molecule has 130 valence electrons. The molecule has 2 aliphatic heterocycles.